The van der Waals surface area contributed by atoms with Gasteiger partial charge in [-0.05, 0) is 31.0 Å². The molecule has 1 unspecified atom stereocenters. The number of carbonyl (C=O) groups excluding carboxylic acids is 2. The van der Waals surface area contributed by atoms with Crippen molar-refractivity contribution in [2.45, 2.75) is 37.8 Å². The number of aliphatic hydroxyl groups excluding tert-OH is 1. The van der Waals surface area contributed by atoms with E-state index in [2.05, 4.69) is 0 Å². The van der Waals surface area contributed by atoms with E-state index in [0.29, 0.717) is 33.8 Å². The number of fused-ring (bicyclic) bond motifs is 1. The number of hydrogen-bond acceptors (Lipinski definition) is 7. The number of furan rings is 1. The van der Waals surface area contributed by atoms with E-state index in [1.54, 1.807) is 47.4 Å². The summed E-state index contributed by atoms with van der Waals surface area (Å²) < 4.78 is 22.4. The predicted octanol–water partition coefficient (Wildman–Crippen LogP) is 4.98. The second-order valence-corrected chi connectivity index (χ2v) is 8.72. The van der Waals surface area contributed by atoms with Crippen LogP contribution in [0.2, 0.25) is 0 Å². The SMILES string of the molecule is COc1cccc(C2C(C(=O)c3cc4cccc(OC)c4o3)=C(O)C(=O)N2C2CCCC2)c1OC. The number of nitrogens with zero attached hydrogens (tertiary/aromatic N) is 1. The molecule has 182 valence electrons. The Labute approximate surface area is 202 Å². The molecule has 1 aliphatic carbocycles. The second-order valence-electron chi connectivity index (χ2n) is 8.72. The van der Waals surface area contributed by atoms with Crippen LogP contribution in [0, 0.1) is 0 Å². The lowest BCUT2D eigenvalue weighted by molar-refractivity contribution is -0.131. The number of carbonyl (C=O) groups is 2. The zero-order chi connectivity index (χ0) is 24.7. The molecular weight excluding hydrogens is 450 g/mol. The highest BCUT2D eigenvalue weighted by Gasteiger charge is 2.48. The average molecular weight is 478 g/mol. The summed E-state index contributed by atoms with van der Waals surface area (Å²) in [5, 5.41) is 11.7. The van der Waals surface area contributed by atoms with Crippen molar-refractivity contribution in [1.29, 1.82) is 0 Å². The van der Waals surface area contributed by atoms with E-state index in [-0.39, 0.29) is 17.4 Å². The lowest BCUT2D eigenvalue weighted by Gasteiger charge is -2.33. The number of rotatable bonds is 7. The molecule has 0 bridgehead atoms. The quantitative estimate of drug-likeness (QED) is 0.479. The van der Waals surface area contributed by atoms with Gasteiger partial charge in [-0.15, -0.1) is 0 Å². The number of ketones is 1. The summed E-state index contributed by atoms with van der Waals surface area (Å²) in [7, 11) is 4.55. The maximum atomic E-state index is 13.9. The molecule has 1 aliphatic heterocycles. The zero-order valence-electron chi connectivity index (χ0n) is 19.9. The molecule has 0 radical (unpaired) electrons. The van der Waals surface area contributed by atoms with Crippen LogP contribution in [0.15, 0.2) is 58.2 Å². The van der Waals surface area contributed by atoms with Gasteiger partial charge in [0.25, 0.3) is 5.91 Å². The van der Waals surface area contributed by atoms with Gasteiger partial charge in [0, 0.05) is 17.0 Å². The minimum atomic E-state index is -0.849. The molecule has 8 heteroatoms. The lowest BCUT2D eigenvalue weighted by Crippen LogP contribution is -2.38. The summed E-state index contributed by atoms with van der Waals surface area (Å²) >= 11 is 0. The highest BCUT2D eigenvalue weighted by Crippen LogP contribution is 2.48. The second kappa shape index (κ2) is 9.02. The van der Waals surface area contributed by atoms with Crippen LogP contribution in [-0.2, 0) is 4.79 Å². The van der Waals surface area contributed by atoms with Crippen molar-refractivity contribution in [3.05, 3.63) is 65.1 Å². The van der Waals surface area contributed by atoms with Crippen LogP contribution >= 0.6 is 0 Å². The van der Waals surface area contributed by atoms with Gasteiger partial charge in [0.05, 0.1) is 32.9 Å². The average Bonchev–Trinajstić information content (AvgIpc) is 3.61. The molecule has 8 nitrogen and oxygen atoms in total. The summed E-state index contributed by atoms with van der Waals surface area (Å²) in [4.78, 5) is 28.9. The molecule has 1 aromatic heterocycles. The first-order valence-electron chi connectivity index (χ1n) is 11.6. The molecule has 1 fully saturated rings. The summed E-state index contributed by atoms with van der Waals surface area (Å²) in [6.07, 6.45) is 3.55. The summed E-state index contributed by atoms with van der Waals surface area (Å²) in [6, 6.07) is 11.3. The van der Waals surface area contributed by atoms with Gasteiger partial charge in [-0.3, -0.25) is 9.59 Å². The monoisotopic (exact) mass is 477 g/mol. The van der Waals surface area contributed by atoms with Crippen molar-refractivity contribution < 1.29 is 33.3 Å². The Balaban J connectivity index is 1.67. The molecule has 0 spiro atoms. The van der Waals surface area contributed by atoms with Crippen LogP contribution < -0.4 is 14.2 Å². The Hall–Kier alpha value is -3.94. The molecule has 2 heterocycles. The van der Waals surface area contributed by atoms with Crippen molar-refractivity contribution >= 4 is 22.7 Å². The van der Waals surface area contributed by atoms with E-state index in [9.17, 15) is 14.7 Å². The molecule has 2 aromatic carbocycles. The van der Waals surface area contributed by atoms with E-state index < -0.39 is 23.5 Å². The lowest BCUT2D eigenvalue weighted by atomic mass is 9.93. The Kier molecular flexibility index (Phi) is 5.88. The Morgan fingerprint density at radius 1 is 1.00 bits per heavy atom. The number of ether oxygens (including phenoxy) is 3. The third kappa shape index (κ3) is 3.60. The van der Waals surface area contributed by atoms with E-state index in [0.717, 1.165) is 25.7 Å². The van der Waals surface area contributed by atoms with Gasteiger partial charge in [-0.2, -0.15) is 0 Å². The van der Waals surface area contributed by atoms with Crippen LogP contribution in [0.3, 0.4) is 0 Å². The minimum absolute atomic E-state index is 0.0129. The fraction of sp³-hybridized carbons (Fsp3) is 0.333. The molecular formula is C27H27NO7. The number of amides is 1. The van der Waals surface area contributed by atoms with Gasteiger partial charge >= 0.3 is 0 Å². The third-order valence-corrected chi connectivity index (χ3v) is 6.89. The van der Waals surface area contributed by atoms with Crippen LogP contribution in [-0.4, -0.2) is 49.1 Å². The van der Waals surface area contributed by atoms with Crippen LogP contribution in [0.5, 0.6) is 17.2 Å². The Morgan fingerprint density at radius 3 is 2.37 bits per heavy atom. The summed E-state index contributed by atoms with van der Waals surface area (Å²) in [6.45, 7) is 0. The van der Waals surface area contributed by atoms with Crippen molar-refractivity contribution in [2.24, 2.45) is 0 Å². The van der Waals surface area contributed by atoms with Crippen LogP contribution in [0.4, 0.5) is 0 Å². The first-order chi connectivity index (χ1) is 17.0. The van der Waals surface area contributed by atoms with Gasteiger partial charge in [-0.25, -0.2) is 0 Å². The summed E-state index contributed by atoms with van der Waals surface area (Å²) in [5.41, 5.74) is 0.950. The fourth-order valence-electron chi connectivity index (χ4n) is 5.29. The maximum Gasteiger partial charge on any atom is 0.290 e. The van der Waals surface area contributed by atoms with Crippen LogP contribution in [0.25, 0.3) is 11.0 Å². The molecule has 1 atom stereocenters. The fourth-order valence-corrected chi connectivity index (χ4v) is 5.29. The topological polar surface area (TPSA) is 98.4 Å². The summed E-state index contributed by atoms with van der Waals surface area (Å²) in [5.74, 6) is -0.324. The standard InChI is InChI=1S/C27H27NO7/c1-32-18-12-6-8-15-14-20(35-25(15)18)23(29)21-22(17-11-7-13-19(33-2)26(17)34-3)28(27(31)24(21)30)16-9-4-5-10-16/h6-8,11-14,16,22,30H,4-5,9-10H2,1-3H3. The van der Waals surface area contributed by atoms with E-state index in [4.69, 9.17) is 18.6 Å². The van der Waals surface area contributed by atoms with E-state index in [1.807, 2.05) is 0 Å². The molecule has 3 aromatic rings. The minimum Gasteiger partial charge on any atom is -0.503 e. The number of hydrogen-bond donors (Lipinski definition) is 1. The predicted molar refractivity (Wildman–Crippen MR) is 128 cm³/mol. The largest absolute Gasteiger partial charge is 0.503 e. The molecule has 1 N–H and O–H groups in total. The smallest absolute Gasteiger partial charge is 0.290 e. The van der Waals surface area contributed by atoms with Crippen molar-refractivity contribution in [1.82, 2.24) is 4.90 Å². The highest BCUT2D eigenvalue weighted by atomic mass is 16.5. The molecule has 0 saturated heterocycles. The number of para-hydroxylation sites is 2. The number of benzene rings is 2. The Morgan fingerprint density at radius 2 is 1.69 bits per heavy atom. The molecule has 5 rings (SSSR count). The van der Waals surface area contributed by atoms with Crippen LogP contribution in [0.1, 0.15) is 47.8 Å². The van der Waals surface area contributed by atoms with Crippen molar-refractivity contribution in [2.75, 3.05) is 21.3 Å². The number of aliphatic hydroxyl groups is 1. The maximum absolute atomic E-state index is 13.9. The van der Waals surface area contributed by atoms with Gasteiger partial charge in [0.1, 0.15) is 0 Å². The van der Waals surface area contributed by atoms with Crippen molar-refractivity contribution in [3.8, 4) is 17.2 Å². The van der Waals surface area contributed by atoms with Gasteiger partial charge in [-0.1, -0.05) is 37.1 Å². The van der Waals surface area contributed by atoms with Gasteiger partial charge in [0.15, 0.2) is 34.4 Å². The zero-order valence-corrected chi connectivity index (χ0v) is 19.9. The first-order valence-corrected chi connectivity index (χ1v) is 11.6. The van der Waals surface area contributed by atoms with Gasteiger partial charge < -0.3 is 28.6 Å². The molecule has 1 amide bonds. The Bertz CT molecular complexity index is 1330. The van der Waals surface area contributed by atoms with Crippen molar-refractivity contribution in [3.63, 3.8) is 0 Å². The van der Waals surface area contributed by atoms with E-state index >= 15 is 0 Å². The first kappa shape index (κ1) is 22.8. The third-order valence-electron chi connectivity index (χ3n) is 6.89. The normalized spacial score (nSPS) is 18.5. The number of Topliss-reactive ketones (excluding diaryl/α,β-unsaturated/α-hetero) is 1. The highest BCUT2D eigenvalue weighted by molar-refractivity contribution is 6.16. The van der Waals surface area contributed by atoms with Gasteiger partial charge in [0.2, 0.25) is 5.78 Å². The molecule has 1 saturated carbocycles. The van der Waals surface area contributed by atoms with E-state index in [1.165, 1.54) is 21.3 Å². The number of methoxy groups -OCH3 is 3. The molecule has 2 aliphatic rings. The molecule has 35 heavy (non-hydrogen) atoms.